The first-order valence-corrected chi connectivity index (χ1v) is 6.06. The lowest BCUT2D eigenvalue weighted by Crippen LogP contribution is -2.27. The van der Waals surface area contributed by atoms with E-state index in [1.54, 1.807) is 12.1 Å². The third-order valence-corrected chi connectivity index (χ3v) is 2.74. The van der Waals surface area contributed by atoms with Gasteiger partial charge in [-0.1, -0.05) is 6.07 Å². The first kappa shape index (κ1) is 12.2. The third-order valence-electron chi connectivity index (χ3n) is 2.10. The molecule has 0 saturated heterocycles. The van der Waals surface area contributed by atoms with Crippen LogP contribution in [0.15, 0.2) is 22.7 Å². The number of halogens is 2. The summed E-state index contributed by atoms with van der Waals surface area (Å²) in [6.45, 7) is 5.83. The van der Waals surface area contributed by atoms with Crippen LogP contribution in [-0.4, -0.2) is 15.5 Å². The highest BCUT2D eigenvalue weighted by molar-refractivity contribution is 9.10. The van der Waals surface area contributed by atoms with Gasteiger partial charge in [-0.15, -0.1) is 0 Å². The van der Waals surface area contributed by atoms with Gasteiger partial charge in [0.15, 0.2) is 5.82 Å². The Balaban J connectivity index is 2.58. The fraction of sp³-hybridized carbons (Fsp3) is 0.333. The summed E-state index contributed by atoms with van der Waals surface area (Å²) < 4.78 is 14.5. The quantitative estimate of drug-likeness (QED) is 0.871. The smallest absolute Gasteiger partial charge is 0.256 e. The molecule has 0 fully saturated rings. The minimum Gasteiger partial charge on any atom is -0.362 e. The second-order valence-electron chi connectivity index (χ2n) is 4.85. The van der Waals surface area contributed by atoms with Gasteiger partial charge in [0.2, 0.25) is 0 Å². The van der Waals surface area contributed by atoms with Crippen molar-refractivity contribution in [2.45, 2.75) is 26.3 Å². The van der Waals surface area contributed by atoms with Gasteiger partial charge < -0.3 is 5.32 Å². The monoisotopic (exact) mass is 297 g/mol. The molecule has 5 heteroatoms. The molecule has 2 rings (SSSR count). The Labute approximate surface area is 108 Å². The first-order chi connectivity index (χ1) is 7.87. The van der Waals surface area contributed by atoms with E-state index in [4.69, 9.17) is 0 Å². The standard InChI is InChI=1S/C12H13BrFN3/c1-12(2,3)17-11-10(14)15-8-6-4-5-7(13)9(8)16-11/h4-6H,1-3H3,(H,16,17). The maximum atomic E-state index is 13.7. The average molecular weight is 298 g/mol. The van der Waals surface area contributed by atoms with E-state index in [9.17, 15) is 4.39 Å². The summed E-state index contributed by atoms with van der Waals surface area (Å²) in [6, 6.07) is 5.39. The van der Waals surface area contributed by atoms with Crippen LogP contribution in [0, 0.1) is 5.95 Å². The molecule has 0 radical (unpaired) electrons. The Morgan fingerprint density at radius 3 is 2.59 bits per heavy atom. The first-order valence-electron chi connectivity index (χ1n) is 5.27. The highest BCUT2D eigenvalue weighted by Crippen LogP contribution is 2.24. The molecule has 0 unspecified atom stereocenters. The number of para-hydroxylation sites is 1. The van der Waals surface area contributed by atoms with Gasteiger partial charge >= 0.3 is 0 Å². The van der Waals surface area contributed by atoms with Gasteiger partial charge in [0.1, 0.15) is 5.52 Å². The zero-order valence-corrected chi connectivity index (χ0v) is 11.5. The van der Waals surface area contributed by atoms with Crippen LogP contribution in [0.25, 0.3) is 11.0 Å². The molecular formula is C12H13BrFN3. The summed E-state index contributed by atoms with van der Waals surface area (Å²) >= 11 is 3.38. The van der Waals surface area contributed by atoms with Crippen LogP contribution in [0.3, 0.4) is 0 Å². The average Bonchev–Trinajstić information content (AvgIpc) is 2.18. The van der Waals surface area contributed by atoms with Gasteiger partial charge in [0.25, 0.3) is 5.95 Å². The Morgan fingerprint density at radius 1 is 1.24 bits per heavy atom. The fourth-order valence-corrected chi connectivity index (χ4v) is 1.90. The SMILES string of the molecule is CC(C)(C)Nc1nc2c(Br)cccc2nc1F. The van der Waals surface area contributed by atoms with Gasteiger partial charge in [-0.3, -0.25) is 0 Å². The van der Waals surface area contributed by atoms with E-state index in [0.29, 0.717) is 11.0 Å². The summed E-state index contributed by atoms with van der Waals surface area (Å²) in [6.07, 6.45) is 0. The summed E-state index contributed by atoms with van der Waals surface area (Å²) in [4.78, 5) is 8.16. The molecule has 0 aliphatic heterocycles. The van der Waals surface area contributed by atoms with Gasteiger partial charge in [0, 0.05) is 10.0 Å². The second kappa shape index (κ2) is 4.22. The molecule has 0 amide bonds. The Kier molecular flexibility index (Phi) is 3.03. The molecule has 2 aromatic rings. The normalized spacial score (nSPS) is 11.8. The predicted molar refractivity (Wildman–Crippen MR) is 70.6 cm³/mol. The van der Waals surface area contributed by atoms with Gasteiger partial charge in [-0.2, -0.15) is 4.39 Å². The molecule has 0 saturated carbocycles. The largest absolute Gasteiger partial charge is 0.362 e. The third kappa shape index (κ3) is 2.72. The maximum Gasteiger partial charge on any atom is 0.256 e. The van der Waals surface area contributed by atoms with Crippen molar-refractivity contribution in [1.29, 1.82) is 0 Å². The van der Waals surface area contributed by atoms with Crippen LogP contribution < -0.4 is 5.32 Å². The predicted octanol–water partition coefficient (Wildman–Crippen LogP) is 3.74. The van der Waals surface area contributed by atoms with E-state index < -0.39 is 5.95 Å². The second-order valence-corrected chi connectivity index (χ2v) is 5.70. The number of benzene rings is 1. The summed E-state index contributed by atoms with van der Waals surface area (Å²) in [5.74, 6) is -0.401. The molecule has 0 spiro atoms. The zero-order valence-electron chi connectivity index (χ0n) is 9.88. The topological polar surface area (TPSA) is 37.8 Å². The van der Waals surface area contributed by atoms with E-state index in [-0.39, 0.29) is 11.4 Å². The van der Waals surface area contributed by atoms with Crippen molar-refractivity contribution < 1.29 is 4.39 Å². The van der Waals surface area contributed by atoms with E-state index in [1.807, 2.05) is 26.8 Å². The lowest BCUT2D eigenvalue weighted by molar-refractivity contribution is 0.566. The van der Waals surface area contributed by atoms with Crippen molar-refractivity contribution in [3.05, 3.63) is 28.6 Å². The molecule has 0 aliphatic rings. The molecule has 0 atom stereocenters. The van der Waals surface area contributed by atoms with E-state index >= 15 is 0 Å². The van der Waals surface area contributed by atoms with Crippen LogP contribution in [0.2, 0.25) is 0 Å². The Morgan fingerprint density at radius 2 is 1.94 bits per heavy atom. The van der Waals surface area contributed by atoms with Crippen molar-refractivity contribution in [2.75, 3.05) is 5.32 Å². The Hall–Kier alpha value is -1.23. The maximum absolute atomic E-state index is 13.7. The summed E-state index contributed by atoms with van der Waals surface area (Å²) in [5.41, 5.74) is 0.932. The fourth-order valence-electron chi connectivity index (χ4n) is 1.46. The molecule has 1 aromatic carbocycles. The minimum absolute atomic E-state index is 0.178. The molecule has 0 bridgehead atoms. The number of rotatable bonds is 1. The minimum atomic E-state index is -0.578. The van der Waals surface area contributed by atoms with Crippen molar-refractivity contribution in [1.82, 2.24) is 9.97 Å². The van der Waals surface area contributed by atoms with Crippen molar-refractivity contribution >= 4 is 32.8 Å². The molecule has 1 aromatic heterocycles. The van der Waals surface area contributed by atoms with Crippen molar-refractivity contribution in [2.24, 2.45) is 0 Å². The van der Waals surface area contributed by atoms with E-state index in [1.165, 1.54) is 0 Å². The molecule has 1 heterocycles. The molecule has 17 heavy (non-hydrogen) atoms. The number of nitrogens with one attached hydrogen (secondary N) is 1. The molecular weight excluding hydrogens is 285 g/mol. The lowest BCUT2D eigenvalue weighted by Gasteiger charge is -2.21. The van der Waals surface area contributed by atoms with Gasteiger partial charge in [0.05, 0.1) is 5.52 Å². The van der Waals surface area contributed by atoms with E-state index in [0.717, 1.165) is 4.47 Å². The van der Waals surface area contributed by atoms with Crippen LogP contribution in [-0.2, 0) is 0 Å². The molecule has 3 nitrogen and oxygen atoms in total. The zero-order chi connectivity index (χ0) is 12.6. The number of hydrogen-bond acceptors (Lipinski definition) is 3. The van der Waals surface area contributed by atoms with Gasteiger partial charge in [-0.25, -0.2) is 9.97 Å². The number of aromatic nitrogens is 2. The number of nitrogens with zero attached hydrogens (tertiary/aromatic N) is 2. The molecule has 90 valence electrons. The van der Waals surface area contributed by atoms with Crippen molar-refractivity contribution in [3.8, 4) is 0 Å². The Bertz CT molecular complexity index is 563. The van der Waals surface area contributed by atoms with Crippen LogP contribution >= 0.6 is 15.9 Å². The van der Waals surface area contributed by atoms with Crippen LogP contribution in [0.4, 0.5) is 10.2 Å². The number of hydrogen-bond donors (Lipinski definition) is 1. The highest BCUT2D eigenvalue weighted by atomic mass is 79.9. The molecule has 1 N–H and O–H groups in total. The van der Waals surface area contributed by atoms with Gasteiger partial charge in [-0.05, 0) is 48.8 Å². The van der Waals surface area contributed by atoms with Crippen LogP contribution in [0.1, 0.15) is 20.8 Å². The lowest BCUT2D eigenvalue weighted by atomic mass is 10.1. The van der Waals surface area contributed by atoms with Crippen LogP contribution in [0.5, 0.6) is 0 Å². The number of anilines is 1. The summed E-state index contributed by atoms with van der Waals surface area (Å²) in [5, 5.41) is 3.00. The summed E-state index contributed by atoms with van der Waals surface area (Å²) in [7, 11) is 0. The number of fused-ring (bicyclic) bond motifs is 1. The van der Waals surface area contributed by atoms with Crippen molar-refractivity contribution in [3.63, 3.8) is 0 Å². The van der Waals surface area contributed by atoms with E-state index in [2.05, 4.69) is 31.2 Å². The molecule has 0 aliphatic carbocycles. The highest BCUT2D eigenvalue weighted by Gasteiger charge is 2.16.